The van der Waals surface area contributed by atoms with Crippen molar-refractivity contribution in [3.8, 4) is 11.5 Å². The number of sulfone groups is 1. The molecule has 0 saturated heterocycles. The van der Waals surface area contributed by atoms with Crippen LogP contribution in [0.1, 0.15) is 31.4 Å². The Morgan fingerprint density at radius 3 is 2.10 bits per heavy atom. The zero-order valence-corrected chi connectivity index (χ0v) is 20.7. The zero-order valence-electron chi connectivity index (χ0n) is 17.6. The maximum absolute atomic E-state index is 11.7. The van der Waals surface area contributed by atoms with E-state index in [9.17, 15) is 13.2 Å². The number of alkyl halides is 1. The van der Waals surface area contributed by atoms with Crippen LogP contribution in [0, 0.1) is 0 Å². The highest BCUT2D eigenvalue weighted by Gasteiger charge is 2.25. The Morgan fingerprint density at radius 2 is 1.58 bits per heavy atom. The molecular weight excluding hydrogens is 483 g/mol. The first-order chi connectivity index (χ1) is 14.4. The van der Waals surface area contributed by atoms with Crippen LogP contribution in [0.5, 0.6) is 11.5 Å². The molecule has 0 saturated carbocycles. The first kappa shape index (κ1) is 25.8. The first-order valence-corrected chi connectivity index (χ1v) is 12.9. The van der Waals surface area contributed by atoms with Crippen molar-refractivity contribution < 1.29 is 22.7 Å². The van der Waals surface area contributed by atoms with Gasteiger partial charge in [0.2, 0.25) is 0 Å². The molecule has 2 aromatic carbocycles. The van der Waals surface area contributed by atoms with Crippen LogP contribution in [0.15, 0.2) is 36.4 Å². The van der Waals surface area contributed by atoms with Crippen LogP contribution in [-0.2, 0) is 20.0 Å². The van der Waals surface area contributed by atoms with Gasteiger partial charge in [-0.25, -0.2) is 8.42 Å². The molecule has 0 fully saturated rings. The van der Waals surface area contributed by atoms with Gasteiger partial charge in [0, 0.05) is 17.6 Å². The van der Waals surface area contributed by atoms with Gasteiger partial charge in [0.1, 0.15) is 18.1 Å². The van der Waals surface area contributed by atoms with Gasteiger partial charge in [0.25, 0.3) is 0 Å². The maximum atomic E-state index is 11.7. The van der Waals surface area contributed by atoms with E-state index in [4.69, 9.17) is 44.3 Å². The molecule has 0 unspecified atom stereocenters. The molecule has 0 N–H and O–H groups in total. The lowest BCUT2D eigenvalue weighted by atomic mass is 9.78. The van der Waals surface area contributed by atoms with Crippen molar-refractivity contribution in [1.29, 1.82) is 0 Å². The van der Waals surface area contributed by atoms with Crippen molar-refractivity contribution >= 4 is 50.4 Å². The molecule has 0 radical (unpaired) electrons. The van der Waals surface area contributed by atoms with Crippen LogP contribution in [-0.4, -0.2) is 45.3 Å². The molecule has 170 valence electrons. The summed E-state index contributed by atoms with van der Waals surface area (Å²) in [6, 6.07) is 10.9. The van der Waals surface area contributed by atoms with Gasteiger partial charge in [0.15, 0.2) is 21.4 Å². The fourth-order valence-corrected chi connectivity index (χ4v) is 4.29. The van der Waals surface area contributed by atoms with E-state index < -0.39 is 26.8 Å². The van der Waals surface area contributed by atoms with E-state index in [1.54, 1.807) is 12.1 Å². The van der Waals surface area contributed by atoms with Crippen LogP contribution < -0.4 is 9.47 Å². The number of carbonyl (C=O) groups excluding carboxylic acids is 1. The molecule has 2 aromatic rings. The van der Waals surface area contributed by atoms with Gasteiger partial charge in [-0.05, 0) is 41.8 Å². The molecule has 0 bridgehead atoms. The Labute approximate surface area is 198 Å². The quantitative estimate of drug-likeness (QED) is 0.304. The van der Waals surface area contributed by atoms with E-state index in [-0.39, 0.29) is 6.61 Å². The maximum Gasteiger partial charge on any atom is 0.185 e. The largest absolute Gasteiger partial charge is 0.490 e. The number of Topliss-reactive ketones (excluding diaryl/α,β-unsaturated/α-hetero) is 1. The molecule has 0 atom stereocenters. The summed E-state index contributed by atoms with van der Waals surface area (Å²) in [5, 5.41) is 0.851. The minimum atomic E-state index is -3.37. The number of benzene rings is 2. The van der Waals surface area contributed by atoms with Crippen molar-refractivity contribution in [2.24, 2.45) is 0 Å². The highest BCUT2D eigenvalue weighted by molar-refractivity contribution is 7.91. The molecule has 5 nitrogen and oxygen atoms in total. The van der Waals surface area contributed by atoms with E-state index in [1.165, 1.54) is 0 Å². The number of hydrogen-bond donors (Lipinski definition) is 0. The minimum absolute atomic E-state index is 0.299. The summed E-state index contributed by atoms with van der Waals surface area (Å²) in [7, 11) is -3.37. The summed E-state index contributed by atoms with van der Waals surface area (Å²) < 4.78 is 33.4. The SMILES string of the molecule is CC(C)(c1ccc(OCC(=O)CS(C)(=O)=O)cc1)c1cc(Cl)c(OCCCCl)c(Cl)c1. The molecule has 0 amide bonds. The van der Waals surface area contributed by atoms with E-state index in [2.05, 4.69) is 0 Å². The van der Waals surface area contributed by atoms with Crippen molar-refractivity contribution in [3.63, 3.8) is 0 Å². The molecule has 0 aliphatic heterocycles. The summed E-state index contributed by atoms with van der Waals surface area (Å²) >= 11 is 18.5. The molecule has 2 rings (SSSR count). The second-order valence-electron chi connectivity index (χ2n) is 7.71. The molecule has 0 aromatic heterocycles. The molecule has 0 aliphatic rings. The Kier molecular flexibility index (Phi) is 9.07. The summed E-state index contributed by atoms with van der Waals surface area (Å²) in [5.74, 6) is 0.373. The molecule has 0 spiro atoms. The lowest BCUT2D eigenvalue weighted by molar-refractivity contribution is -0.118. The minimum Gasteiger partial charge on any atom is -0.490 e. The highest BCUT2D eigenvalue weighted by atomic mass is 35.5. The molecular formula is C22H25Cl3O5S. The summed E-state index contributed by atoms with van der Waals surface area (Å²) in [6.07, 6.45) is 1.70. The van der Waals surface area contributed by atoms with Gasteiger partial charge in [-0.1, -0.05) is 49.2 Å². The second kappa shape index (κ2) is 10.9. The number of ketones is 1. The third kappa shape index (κ3) is 7.56. The standard InChI is InChI=1S/C22H25Cl3O5S/c1-22(2,16-11-19(24)21(20(25)12-16)29-10-4-9-23)15-5-7-18(8-6-15)30-13-17(26)14-31(3,27)28/h5-8,11-12H,4,9-10,13-14H2,1-3H3. The number of hydrogen-bond acceptors (Lipinski definition) is 5. The van der Waals surface area contributed by atoms with Crippen molar-refractivity contribution in [2.75, 3.05) is 31.1 Å². The summed E-state index contributed by atoms with van der Waals surface area (Å²) in [6.45, 7) is 4.20. The number of rotatable bonds is 11. The van der Waals surface area contributed by atoms with Crippen LogP contribution in [0.4, 0.5) is 0 Å². The predicted molar refractivity (Wildman–Crippen MR) is 126 cm³/mol. The fourth-order valence-electron chi connectivity index (χ4n) is 2.92. The molecule has 0 aliphatic carbocycles. The van der Waals surface area contributed by atoms with Crippen molar-refractivity contribution in [3.05, 3.63) is 57.6 Å². The smallest absolute Gasteiger partial charge is 0.185 e. The Morgan fingerprint density at radius 1 is 1.00 bits per heavy atom. The fraction of sp³-hybridized carbons (Fsp3) is 0.409. The Hall–Kier alpha value is -1.47. The average molecular weight is 508 g/mol. The van der Waals surface area contributed by atoms with Crippen LogP contribution in [0.3, 0.4) is 0 Å². The lowest BCUT2D eigenvalue weighted by Crippen LogP contribution is -2.21. The third-order valence-electron chi connectivity index (χ3n) is 4.64. The van der Waals surface area contributed by atoms with Gasteiger partial charge in [-0.3, -0.25) is 4.79 Å². The Balaban J connectivity index is 2.14. The zero-order chi connectivity index (χ0) is 23.2. The number of halogens is 3. The van der Waals surface area contributed by atoms with E-state index >= 15 is 0 Å². The van der Waals surface area contributed by atoms with E-state index in [0.717, 1.165) is 17.4 Å². The van der Waals surface area contributed by atoms with Gasteiger partial charge < -0.3 is 9.47 Å². The second-order valence-corrected chi connectivity index (χ2v) is 11.0. The monoisotopic (exact) mass is 506 g/mol. The average Bonchev–Trinajstić information content (AvgIpc) is 2.67. The van der Waals surface area contributed by atoms with Crippen molar-refractivity contribution in [1.82, 2.24) is 0 Å². The van der Waals surface area contributed by atoms with Crippen LogP contribution >= 0.6 is 34.8 Å². The van der Waals surface area contributed by atoms with Gasteiger partial charge in [-0.15, -0.1) is 11.6 Å². The number of ether oxygens (including phenoxy) is 2. The normalized spacial score (nSPS) is 11.9. The lowest BCUT2D eigenvalue weighted by Gasteiger charge is -2.27. The summed E-state index contributed by atoms with van der Waals surface area (Å²) in [4.78, 5) is 11.7. The van der Waals surface area contributed by atoms with Gasteiger partial charge >= 0.3 is 0 Å². The van der Waals surface area contributed by atoms with Gasteiger partial charge in [-0.2, -0.15) is 0 Å². The predicted octanol–water partition coefficient (Wildman–Crippen LogP) is 5.32. The first-order valence-electron chi connectivity index (χ1n) is 9.55. The molecule has 9 heteroatoms. The van der Waals surface area contributed by atoms with Crippen LogP contribution in [0.2, 0.25) is 10.0 Å². The Bertz CT molecular complexity index is 995. The topological polar surface area (TPSA) is 69.7 Å². The summed E-state index contributed by atoms with van der Waals surface area (Å²) in [5.41, 5.74) is 1.46. The van der Waals surface area contributed by atoms with E-state index in [1.807, 2.05) is 38.1 Å². The third-order valence-corrected chi connectivity index (χ3v) is 6.32. The van der Waals surface area contributed by atoms with E-state index in [0.29, 0.717) is 40.5 Å². The number of carbonyl (C=O) groups is 1. The highest BCUT2D eigenvalue weighted by Crippen LogP contribution is 2.40. The van der Waals surface area contributed by atoms with Crippen LogP contribution in [0.25, 0.3) is 0 Å². The molecule has 0 heterocycles. The van der Waals surface area contributed by atoms with Gasteiger partial charge in [0.05, 0.1) is 16.7 Å². The molecule has 31 heavy (non-hydrogen) atoms. The van der Waals surface area contributed by atoms with Crippen molar-refractivity contribution in [2.45, 2.75) is 25.7 Å².